The van der Waals surface area contributed by atoms with Crippen LogP contribution < -0.4 is 21.3 Å². The molecule has 0 aromatic rings. The fourth-order valence-corrected chi connectivity index (χ4v) is 7.55. The van der Waals surface area contributed by atoms with E-state index < -0.39 is 85.2 Å². The fraction of sp³-hybridized carbons (Fsp3) is 0.796. The van der Waals surface area contributed by atoms with E-state index in [4.69, 9.17) is 19.7 Å². The monoisotopic (exact) mass is 1000 g/mol. The van der Waals surface area contributed by atoms with Crippen molar-refractivity contribution in [2.24, 2.45) is 5.92 Å². The second-order valence-electron chi connectivity index (χ2n) is 17.8. The minimum Gasteiger partial charge on any atom is -0.481 e. The number of Topliss-reactive ketones (excluding diaryl/α,β-unsaturated/α-hetero) is 3. The average Bonchev–Trinajstić information content (AvgIpc) is 3.31. The van der Waals surface area contributed by atoms with Gasteiger partial charge in [-0.1, -0.05) is 77.0 Å². The summed E-state index contributed by atoms with van der Waals surface area (Å²) in [5.74, 6) is -8.39. The molecule has 3 amide bonds. The van der Waals surface area contributed by atoms with Gasteiger partial charge in [0, 0.05) is 58.1 Å². The Hall–Kier alpha value is -4.86. The number of aliphatic carboxylic acids is 4. The topological polar surface area (TPSA) is 338 Å². The number of hydrogen-bond acceptors (Lipinski definition) is 14. The summed E-state index contributed by atoms with van der Waals surface area (Å²) in [6.07, 6.45) is 15.9. The second kappa shape index (κ2) is 43.0. The quantitative estimate of drug-likeness (QED) is 0.0384. The molecule has 21 heteroatoms. The molecule has 0 bridgehead atoms. The zero-order chi connectivity index (χ0) is 52.4. The van der Waals surface area contributed by atoms with Crippen molar-refractivity contribution in [3.63, 3.8) is 0 Å². The Bertz CT molecular complexity index is 1560. The van der Waals surface area contributed by atoms with Crippen LogP contribution in [0.3, 0.4) is 0 Å². The first-order valence-corrected chi connectivity index (χ1v) is 25.3. The van der Waals surface area contributed by atoms with E-state index in [1.165, 1.54) is 32.1 Å². The molecular formula is C49H84N4O17. The van der Waals surface area contributed by atoms with E-state index in [0.717, 1.165) is 51.4 Å². The Kier molecular flexibility index (Phi) is 40.0. The van der Waals surface area contributed by atoms with Gasteiger partial charge in [0.1, 0.15) is 36.9 Å². The number of ketones is 3. The molecule has 0 unspecified atom stereocenters. The zero-order valence-electron chi connectivity index (χ0n) is 41.5. The molecule has 21 nitrogen and oxygen atoms in total. The molecule has 0 spiro atoms. The van der Waals surface area contributed by atoms with Crippen LogP contribution in [0.5, 0.6) is 0 Å². The van der Waals surface area contributed by atoms with E-state index in [1.54, 1.807) is 7.05 Å². The molecule has 0 fully saturated rings. The van der Waals surface area contributed by atoms with E-state index >= 15 is 0 Å². The highest BCUT2D eigenvalue weighted by Crippen LogP contribution is 2.16. The molecule has 9 N–H and O–H groups in total. The van der Waals surface area contributed by atoms with Crippen LogP contribution in [-0.2, 0) is 57.4 Å². The number of carbonyl (C=O) groups is 10. The number of nitrogens with one attached hydrogen (secondary N) is 4. The average molecular weight is 1000 g/mol. The van der Waals surface area contributed by atoms with E-state index in [0.29, 0.717) is 38.6 Å². The lowest BCUT2D eigenvalue weighted by atomic mass is 9.94. The number of carboxylic acids is 4. The van der Waals surface area contributed by atoms with Crippen LogP contribution >= 0.6 is 0 Å². The minimum atomic E-state index is -1.44. The smallest absolute Gasteiger partial charge is 0.326 e. The van der Waals surface area contributed by atoms with Gasteiger partial charge in [0.05, 0.1) is 25.2 Å². The predicted molar refractivity (Wildman–Crippen MR) is 257 cm³/mol. The zero-order valence-corrected chi connectivity index (χ0v) is 41.5. The van der Waals surface area contributed by atoms with Gasteiger partial charge in [-0.2, -0.15) is 0 Å². The number of amides is 3. The summed E-state index contributed by atoms with van der Waals surface area (Å²) in [7, 11) is 1.61. The van der Waals surface area contributed by atoms with Crippen molar-refractivity contribution in [3.8, 4) is 0 Å². The highest BCUT2D eigenvalue weighted by Gasteiger charge is 2.26. The molecule has 0 rings (SSSR count). The molecule has 0 saturated carbocycles. The van der Waals surface area contributed by atoms with Gasteiger partial charge >= 0.3 is 23.9 Å². The summed E-state index contributed by atoms with van der Waals surface area (Å²) in [6.45, 7) is -0.565. The fourth-order valence-electron chi connectivity index (χ4n) is 7.55. The van der Waals surface area contributed by atoms with E-state index in [9.17, 15) is 63.3 Å². The largest absolute Gasteiger partial charge is 0.481 e. The first-order chi connectivity index (χ1) is 33.5. The lowest BCUT2D eigenvalue weighted by Gasteiger charge is -2.16. The van der Waals surface area contributed by atoms with Gasteiger partial charge in [-0.15, -0.1) is 0 Å². The molecule has 402 valence electrons. The van der Waals surface area contributed by atoms with E-state index in [-0.39, 0.29) is 95.1 Å². The van der Waals surface area contributed by atoms with Crippen molar-refractivity contribution < 1.29 is 83.0 Å². The van der Waals surface area contributed by atoms with E-state index in [1.807, 2.05) is 0 Å². The molecule has 0 radical (unpaired) electrons. The van der Waals surface area contributed by atoms with Crippen molar-refractivity contribution in [3.05, 3.63) is 0 Å². The Balaban J connectivity index is 4.14. The first-order valence-electron chi connectivity index (χ1n) is 25.3. The number of carboxylic acid groups (broad SMARTS) is 4. The van der Waals surface area contributed by atoms with Crippen LogP contribution in [0.25, 0.3) is 0 Å². The van der Waals surface area contributed by atoms with Crippen molar-refractivity contribution >= 4 is 58.9 Å². The number of unbranched alkanes of at least 4 members (excludes halogenated alkanes) is 14. The molecule has 0 heterocycles. The highest BCUT2D eigenvalue weighted by molar-refractivity contribution is 5.87. The maximum Gasteiger partial charge on any atom is 0.326 e. The molecule has 0 aromatic carbocycles. The standard InChI is InChI=1S/C49H84N4O17/c1-50-39(42(57)34-54)20-16-17-29-51-43(58)28-23-36(47(63)64)33-38(56)25-27-41(49(67)68)53-45(60)35-70-32-31-69-30-18-19-37(55)24-26-40(48(65)66)52-44(59)21-14-12-10-8-6-4-2-3-5-7-9-11-13-15-22-46(61)62/h36,39-41,50,54H,2-35H2,1H3,(H,51,58)(H,52,59)(H,53,60)(H,61,62)(H,63,64)(H,65,66)(H,67,68)/t36-,39+,40+,41+/m1/s1. The normalized spacial score (nSPS) is 12.8. The van der Waals surface area contributed by atoms with Gasteiger partial charge < -0.3 is 56.3 Å². The summed E-state index contributed by atoms with van der Waals surface area (Å²) < 4.78 is 10.6. The highest BCUT2D eigenvalue weighted by atomic mass is 16.5. The SMILES string of the molecule is CN[C@@H](CCCCNC(=O)CC[C@H](CC(=O)CC[C@H](NC(=O)COCCOCCCC(=O)CC[C@H](NC(=O)CCCCCCCCCCCCCCCCC(=O)O)C(=O)O)C(=O)O)C(=O)O)C(=O)CO. The van der Waals surface area contributed by atoms with Crippen LogP contribution in [0.4, 0.5) is 0 Å². The molecule has 0 aliphatic rings. The maximum absolute atomic E-state index is 12.6. The lowest BCUT2D eigenvalue weighted by molar-refractivity contribution is -0.145. The van der Waals surface area contributed by atoms with Crippen molar-refractivity contribution in [2.45, 2.75) is 198 Å². The minimum absolute atomic E-state index is 0.0283. The Morgan fingerprint density at radius 3 is 1.47 bits per heavy atom. The van der Waals surface area contributed by atoms with Crippen molar-refractivity contribution in [2.75, 3.05) is 46.6 Å². The summed E-state index contributed by atoms with van der Waals surface area (Å²) in [6, 6.07) is -3.09. The number of carbonyl (C=O) groups excluding carboxylic acids is 6. The van der Waals surface area contributed by atoms with Gasteiger partial charge in [0.15, 0.2) is 5.78 Å². The third kappa shape index (κ3) is 38.0. The van der Waals surface area contributed by atoms with Crippen LogP contribution in [0.2, 0.25) is 0 Å². The van der Waals surface area contributed by atoms with Crippen molar-refractivity contribution in [1.29, 1.82) is 0 Å². The Labute approximate surface area is 412 Å². The number of ether oxygens (including phenoxy) is 2. The molecule has 0 aromatic heterocycles. The van der Waals surface area contributed by atoms with Gasteiger partial charge in [-0.05, 0) is 64.8 Å². The van der Waals surface area contributed by atoms with E-state index in [2.05, 4.69) is 21.3 Å². The van der Waals surface area contributed by atoms with Crippen LogP contribution in [0.1, 0.15) is 180 Å². The van der Waals surface area contributed by atoms with Crippen LogP contribution in [0.15, 0.2) is 0 Å². The molecule has 70 heavy (non-hydrogen) atoms. The molecule has 0 aliphatic carbocycles. The number of aliphatic hydroxyl groups excluding tert-OH is 1. The number of likely N-dealkylation sites (N-methyl/N-ethyl adjacent to an activating group) is 1. The van der Waals surface area contributed by atoms with Gasteiger partial charge in [0.2, 0.25) is 17.7 Å². The van der Waals surface area contributed by atoms with Gasteiger partial charge in [-0.25, -0.2) is 9.59 Å². The van der Waals surface area contributed by atoms with Crippen LogP contribution in [-0.4, -0.2) is 149 Å². The first kappa shape index (κ1) is 65.1. The molecule has 4 atom stereocenters. The van der Waals surface area contributed by atoms with Crippen LogP contribution in [0, 0.1) is 5.92 Å². The summed E-state index contributed by atoms with van der Waals surface area (Å²) >= 11 is 0. The van der Waals surface area contributed by atoms with Gasteiger partial charge in [0.25, 0.3) is 0 Å². The lowest BCUT2D eigenvalue weighted by Crippen LogP contribution is -2.42. The molecular weight excluding hydrogens is 917 g/mol. The Morgan fingerprint density at radius 1 is 0.443 bits per heavy atom. The number of aliphatic hydroxyl groups is 1. The second-order valence-corrected chi connectivity index (χ2v) is 17.8. The summed E-state index contributed by atoms with van der Waals surface area (Å²) in [4.78, 5) is 119. The number of hydrogen-bond donors (Lipinski definition) is 9. The maximum atomic E-state index is 12.6. The predicted octanol–water partition coefficient (Wildman–Crippen LogP) is 4.27. The molecule has 0 aliphatic heterocycles. The summed E-state index contributed by atoms with van der Waals surface area (Å²) in [5.41, 5.74) is 0. The van der Waals surface area contributed by atoms with Crippen molar-refractivity contribution in [1.82, 2.24) is 21.3 Å². The Morgan fingerprint density at radius 2 is 0.957 bits per heavy atom. The van der Waals surface area contributed by atoms with Gasteiger partial charge in [-0.3, -0.25) is 38.4 Å². The third-order valence-electron chi connectivity index (χ3n) is 11.8. The molecule has 0 saturated heterocycles. The number of rotatable bonds is 50. The third-order valence-corrected chi connectivity index (χ3v) is 11.8. The summed E-state index contributed by atoms with van der Waals surface area (Å²) in [5, 5.41) is 56.6.